The number of hydrogen-bond acceptors (Lipinski definition) is 5. The molecule has 0 aliphatic carbocycles. The van der Waals surface area contributed by atoms with Crippen LogP contribution in [0.15, 0.2) is 71.9 Å². The predicted molar refractivity (Wildman–Crippen MR) is 192 cm³/mol. The zero-order chi connectivity index (χ0) is 32.2. The van der Waals surface area contributed by atoms with Gasteiger partial charge in [-0.1, -0.05) is 56.3 Å². The van der Waals surface area contributed by atoms with Crippen LogP contribution in [0.3, 0.4) is 0 Å². The molecule has 0 fully saturated rings. The Labute approximate surface area is 276 Å². The first-order valence-corrected chi connectivity index (χ1v) is 17.6. The molecule has 3 aromatic carbocycles. The van der Waals surface area contributed by atoms with E-state index in [9.17, 15) is 5.26 Å². The average Bonchev–Trinajstić information content (AvgIpc) is 3.06. The largest absolute Gasteiger partial charge is 0.329 e. The van der Waals surface area contributed by atoms with Crippen molar-refractivity contribution in [2.24, 2.45) is 5.73 Å². The molecule has 0 amide bonds. The lowest BCUT2D eigenvalue weighted by atomic mass is 9.88. The molecule has 4 nitrogen and oxygen atoms in total. The molecule has 5 heteroatoms. The zero-order valence-electron chi connectivity index (χ0n) is 28.0. The summed E-state index contributed by atoms with van der Waals surface area (Å²) in [6, 6.07) is 22.6. The quantitative estimate of drug-likeness (QED) is 0.100. The number of rotatable bonds is 16. The van der Waals surface area contributed by atoms with E-state index in [2.05, 4.69) is 99.1 Å². The first-order valence-electron chi connectivity index (χ1n) is 16.6. The summed E-state index contributed by atoms with van der Waals surface area (Å²) in [6.07, 6.45) is 10.0. The number of benzene rings is 3. The smallest absolute Gasteiger partial charge is 0.101 e. The standard InChI is InChI=1S/C40H50N4S/c1-6-34-22-29(3)37(24-40(34)45-28-33-23-32(25-42)26-43-27-33)18-17-36-14-11-16-39(31(36)5)38-15-10-13-35(30(38)4)12-8-9-20-44(7-2)21-19-41/h10-11,13-16,22-24,26-27H,6-9,12,17-21,28,41H2,1-5H3. The lowest BCUT2D eigenvalue weighted by Crippen LogP contribution is -2.30. The van der Waals surface area contributed by atoms with E-state index in [1.165, 1.54) is 67.8 Å². The van der Waals surface area contributed by atoms with Gasteiger partial charge in [0.15, 0.2) is 0 Å². The number of nitriles is 1. The molecule has 4 rings (SSSR count). The summed E-state index contributed by atoms with van der Waals surface area (Å²) in [7, 11) is 0. The number of thioether (sulfide) groups is 1. The summed E-state index contributed by atoms with van der Waals surface area (Å²) in [5, 5.41) is 9.25. The van der Waals surface area contributed by atoms with Crippen molar-refractivity contribution in [3.63, 3.8) is 0 Å². The van der Waals surface area contributed by atoms with Crippen LogP contribution < -0.4 is 5.73 Å². The highest BCUT2D eigenvalue weighted by molar-refractivity contribution is 7.98. The minimum Gasteiger partial charge on any atom is -0.329 e. The maximum atomic E-state index is 9.25. The molecule has 0 bridgehead atoms. The molecule has 0 saturated carbocycles. The van der Waals surface area contributed by atoms with Crippen LogP contribution in [0, 0.1) is 32.1 Å². The van der Waals surface area contributed by atoms with E-state index in [1.807, 2.05) is 24.0 Å². The molecule has 0 atom stereocenters. The van der Waals surface area contributed by atoms with Gasteiger partial charge in [0.25, 0.3) is 0 Å². The molecular formula is C40H50N4S. The van der Waals surface area contributed by atoms with Crippen LogP contribution in [0.2, 0.25) is 0 Å². The first kappa shape index (κ1) is 34.4. The van der Waals surface area contributed by atoms with Crippen molar-refractivity contribution in [3.8, 4) is 17.2 Å². The average molecular weight is 619 g/mol. The van der Waals surface area contributed by atoms with E-state index in [1.54, 1.807) is 6.20 Å². The van der Waals surface area contributed by atoms with Gasteiger partial charge in [-0.3, -0.25) is 4.98 Å². The number of aromatic nitrogens is 1. The minimum atomic E-state index is 0.616. The van der Waals surface area contributed by atoms with Crippen molar-refractivity contribution in [1.29, 1.82) is 5.26 Å². The van der Waals surface area contributed by atoms with Gasteiger partial charge in [0.1, 0.15) is 6.07 Å². The van der Waals surface area contributed by atoms with Gasteiger partial charge in [0.05, 0.1) is 5.56 Å². The molecule has 0 saturated heterocycles. The lowest BCUT2D eigenvalue weighted by molar-refractivity contribution is 0.289. The first-order chi connectivity index (χ1) is 21.9. The molecule has 0 radical (unpaired) electrons. The van der Waals surface area contributed by atoms with Gasteiger partial charge in [-0.05, 0) is 140 Å². The number of pyridine rings is 1. The number of nitrogens with zero attached hydrogens (tertiary/aromatic N) is 3. The molecule has 45 heavy (non-hydrogen) atoms. The summed E-state index contributed by atoms with van der Waals surface area (Å²) in [5.41, 5.74) is 20.0. The van der Waals surface area contributed by atoms with Crippen molar-refractivity contribution in [3.05, 3.63) is 117 Å². The molecular weight excluding hydrogens is 569 g/mol. The molecule has 2 N–H and O–H groups in total. The van der Waals surface area contributed by atoms with Crippen LogP contribution in [0.5, 0.6) is 0 Å². The third-order valence-corrected chi connectivity index (χ3v) is 10.3. The maximum absolute atomic E-state index is 9.25. The Balaban J connectivity index is 1.46. The number of aryl methyl sites for hydroxylation is 5. The van der Waals surface area contributed by atoms with Crippen LogP contribution in [-0.2, 0) is 31.4 Å². The van der Waals surface area contributed by atoms with Gasteiger partial charge >= 0.3 is 0 Å². The summed E-state index contributed by atoms with van der Waals surface area (Å²) >= 11 is 1.85. The topological polar surface area (TPSA) is 65.9 Å². The molecule has 0 unspecified atom stereocenters. The third kappa shape index (κ3) is 9.30. The summed E-state index contributed by atoms with van der Waals surface area (Å²) in [6.45, 7) is 15.2. The van der Waals surface area contributed by atoms with Gasteiger partial charge in [-0.2, -0.15) is 5.26 Å². The monoisotopic (exact) mass is 618 g/mol. The van der Waals surface area contributed by atoms with E-state index in [0.717, 1.165) is 63.2 Å². The Morgan fingerprint density at radius 1 is 0.800 bits per heavy atom. The zero-order valence-corrected chi connectivity index (χ0v) is 28.8. The van der Waals surface area contributed by atoms with Crippen molar-refractivity contribution < 1.29 is 0 Å². The SMILES string of the molecule is CCc1cc(C)c(CCc2cccc(-c3cccc(CCCCN(CC)CCN)c3C)c2C)cc1SCc1cncc(C#N)c1. The Bertz CT molecular complexity index is 1600. The Morgan fingerprint density at radius 2 is 1.49 bits per heavy atom. The highest BCUT2D eigenvalue weighted by Crippen LogP contribution is 2.33. The highest BCUT2D eigenvalue weighted by atomic mass is 32.2. The molecule has 1 aromatic heterocycles. The number of likely N-dealkylation sites (N-methyl/N-ethyl adjacent to an activating group) is 1. The number of unbranched alkanes of at least 4 members (excludes halogenated alkanes) is 1. The Hall–Kier alpha value is -3.43. The van der Waals surface area contributed by atoms with Crippen LogP contribution in [0.4, 0.5) is 0 Å². The fourth-order valence-corrected chi connectivity index (χ4v) is 7.38. The molecule has 0 aliphatic heterocycles. The van der Waals surface area contributed by atoms with Crippen molar-refractivity contribution in [2.45, 2.75) is 83.8 Å². The molecule has 0 aliphatic rings. The van der Waals surface area contributed by atoms with E-state index in [4.69, 9.17) is 5.73 Å². The van der Waals surface area contributed by atoms with Crippen LogP contribution in [0.1, 0.15) is 76.8 Å². The molecule has 4 aromatic rings. The second kappa shape index (κ2) is 17.3. The van der Waals surface area contributed by atoms with Crippen molar-refractivity contribution in [2.75, 3.05) is 26.2 Å². The summed E-state index contributed by atoms with van der Waals surface area (Å²) in [4.78, 5) is 8.03. The second-order valence-electron chi connectivity index (χ2n) is 12.1. The third-order valence-electron chi connectivity index (χ3n) is 9.13. The lowest BCUT2D eigenvalue weighted by Gasteiger charge is -2.19. The molecule has 0 spiro atoms. The van der Waals surface area contributed by atoms with E-state index < -0.39 is 0 Å². The fourth-order valence-electron chi connectivity index (χ4n) is 6.28. The van der Waals surface area contributed by atoms with E-state index in [-0.39, 0.29) is 0 Å². The molecule has 1 heterocycles. The van der Waals surface area contributed by atoms with E-state index >= 15 is 0 Å². The normalized spacial score (nSPS) is 11.2. The van der Waals surface area contributed by atoms with Gasteiger partial charge in [-0.25, -0.2) is 0 Å². The van der Waals surface area contributed by atoms with Gasteiger partial charge in [0.2, 0.25) is 0 Å². The molecule has 236 valence electrons. The minimum absolute atomic E-state index is 0.616. The van der Waals surface area contributed by atoms with Crippen molar-refractivity contribution >= 4 is 11.8 Å². The highest BCUT2D eigenvalue weighted by Gasteiger charge is 2.13. The summed E-state index contributed by atoms with van der Waals surface area (Å²) in [5.74, 6) is 0.809. The van der Waals surface area contributed by atoms with Crippen LogP contribution >= 0.6 is 11.8 Å². The van der Waals surface area contributed by atoms with Gasteiger partial charge in [0, 0.05) is 36.1 Å². The number of hydrogen-bond donors (Lipinski definition) is 1. The number of nitrogens with two attached hydrogens (primary N) is 1. The maximum Gasteiger partial charge on any atom is 0.101 e. The summed E-state index contributed by atoms with van der Waals surface area (Å²) < 4.78 is 0. The Morgan fingerprint density at radius 3 is 2.13 bits per heavy atom. The Kier molecular flexibility index (Phi) is 13.3. The van der Waals surface area contributed by atoms with Crippen molar-refractivity contribution in [1.82, 2.24) is 9.88 Å². The second-order valence-corrected chi connectivity index (χ2v) is 13.1. The predicted octanol–water partition coefficient (Wildman–Crippen LogP) is 8.79. The van der Waals surface area contributed by atoms with Crippen LogP contribution in [0.25, 0.3) is 11.1 Å². The van der Waals surface area contributed by atoms with Gasteiger partial charge < -0.3 is 10.6 Å². The van der Waals surface area contributed by atoms with Crippen LogP contribution in [-0.4, -0.2) is 36.1 Å². The fraction of sp³-hybridized carbons (Fsp3) is 0.400. The van der Waals surface area contributed by atoms with Gasteiger partial charge in [-0.15, -0.1) is 11.8 Å². The van der Waals surface area contributed by atoms with E-state index in [0.29, 0.717) is 5.56 Å².